The number of hydrogen-bond acceptors (Lipinski definition) is 5. The number of methoxy groups -OCH3 is 1. The standard InChI is InChI=1S/C20H28N2O4S/c1-4-8-21-11-14(13-25-2)9-17-16-6-5-7-18-20(16)15(10-19(17)21)12-22(18)26-27(3,23)24/h5-7,12,14,17,19H,4,8-11,13H2,1-3H3/t14?,17-,19-/m0/s1. The van der Waals surface area contributed by atoms with E-state index in [9.17, 15) is 8.42 Å². The first-order valence-corrected chi connectivity index (χ1v) is 11.5. The maximum absolute atomic E-state index is 11.7. The largest absolute Gasteiger partial charge is 0.384 e. The molecular weight excluding hydrogens is 364 g/mol. The van der Waals surface area contributed by atoms with E-state index in [0.29, 0.717) is 17.9 Å². The minimum atomic E-state index is -3.58. The Kier molecular flexibility index (Phi) is 4.94. The van der Waals surface area contributed by atoms with Crippen LogP contribution in [0.15, 0.2) is 24.4 Å². The number of rotatable bonds is 6. The van der Waals surface area contributed by atoms with E-state index >= 15 is 0 Å². The van der Waals surface area contributed by atoms with Crippen molar-refractivity contribution in [2.75, 3.05) is 33.1 Å². The Morgan fingerprint density at radius 3 is 2.81 bits per heavy atom. The van der Waals surface area contributed by atoms with Crippen LogP contribution in [0.4, 0.5) is 0 Å². The molecule has 2 aliphatic rings. The normalized spacial score (nSPS) is 25.5. The molecular formula is C20H28N2O4S. The van der Waals surface area contributed by atoms with Crippen LogP contribution in [0, 0.1) is 5.92 Å². The van der Waals surface area contributed by atoms with Crippen LogP contribution in [0.25, 0.3) is 10.9 Å². The summed E-state index contributed by atoms with van der Waals surface area (Å²) in [6.45, 7) is 5.15. The smallest absolute Gasteiger partial charge is 0.324 e. The van der Waals surface area contributed by atoms with Crippen molar-refractivity contribution in [1.29, 1.82) is 0 Å². The van der Waals surface area contributed by atoms with Gasteiger partial charge in [0.1, 0.15) is 0 Å². The number of aromatic nitrogens is 1. The molecule has 4 rings (SSSR count). The summed E-state index contributed by atoms with van der Waals surface area (Å²) < 4.78 is 35.5. The predicted octanol–water partition coefficient (Wildman–Crippen LogP) is 2.42. The van der Waals surface area contributed by atoms with Crippen molar-refractivity contribution >= 4 is 21.0 Å². The third kappa shape index (κ3) is 3.48. The van der Waals surface area contributed by atoms with Gasteiger partial charge >= 0.3 is 10.1 Å². The fourth-order valence-electron chi connectivity index (χ4n) is 5.08. The minimum absolute atomic E-state index is 0.440. The SMILES string of the molecule is CCCN1CC(COC)C[C@H]2c3cccc4c3c(cn4OS(C)(=O)=O)C[C@@H]21. The highest BCUT2D eigenvalue weighted by Crippen LogP contribution is 2.45. The molecule has 0 bridgehead atoms. The van der Waals surface area contributed by atoms with Crippen molar-refractivity contribution in [1.82, 2.24) is 9.63 Å². The van der Waals surface area contributed by atoms with E-state index in [1.54, 1.807) is 7.11 Å². The van der Waals surface area contributed by atoms with Crippen molar-refractivity contribution in [3.63, 3.8) is 0 Å². The molecule has 1 saturated heterocycles. The van der Waals surface area contributed by atoms with Crippen LogP contribution in [-0.4, -0.2) is 57.2 Å². The second kappa shape index (κ2) is 7.11. The minimum Gasteiger partial charge on any atom is -0.384 e. The monoisotopic (exact) mass is 392 g/mol. The van der Waals surface area contributed by atoms with Crippen LogP contribution < -0.4 is 4.28 Å². The van der Waals surface area contributed by atoms with Gasteiger partial charge in [0.25, 0.3) is 0 Å². The summed E-state index contributed by atoms with van der Waals surface area (Å²) in [4.78, 5) is 2.61. The van der Waals surface area contributed by atoms with Gasteiger partial charge < -0.3 is 4.74 Å². The second-order valence-electron chi connectivity index (χ2n) is 7.93. The first-order valence-electron chi connectivity index (χ1n) is 9.67. The highest BCUT2D eigenvalue weighted by molar-refractivity contribution is 7.86. The lowest BCUT2D eigenvalue weighted by molar-refractivity contribution is 0.0428. The summed E-state index contributed by atoms with van der Waals surface area (Å²) in [5.74, 6) is 0.963. The van der Waals surface area contributed by atoms with Crippen molar-refractivity contribution < 1.29 is 17.4 Å². The molecule has 2 heterocycles. The van der Waals surface area contributed by atoms with E-state index in [2.05, 4.69) is 17.9 Å². The van der Waals surface area contributed by atoms with Crippen LogP contribution in [0.2, 0.25) is 0 Å². The highest BCUT2D eigenvalue weighted by Gasteiger charge is 2.41. The van der Waals surface area contributed by atoms with Gasteiger partial charge in [0.05, 0.1) is 18.4 Å². The first-order chi connectivity index (χ1) is 12.9. The quantitative estimate of drug-likeness (QED) is 0.756. The van der Waals surface area contributed by atoms with E-state index in [0.717, 1.165) is 56.1 Å². The summed E-state index contributed by atoms with van der Waals surface area (Å²) >= 11 is 0. The molecule has 1 fully saturated rings. The fraction of sp³-hybridized carbons (Fsp3) is 0.600. The number of nitrogens with zero attached hydrogens (tertiary/aromatic N) is 2. The van der Waals surface area contributed by atoms with Gasteiger partial charge in [-0.3, -0.25) is 9.18 Å². The summed E-state index contributed by atoms with van der Waals surface area (Å²) in [6.07, 6.45) is 6.10. The number of benzene rings is 1. The molecule has 1 aliphatic carbocycles. The van der Waals surface area contributed by atoms with Crippen molar-refractivity contribution in [2.45, 2.75) is 38.1 Å². The fourth-order valence-corrected chi connectivity index (χ4v) is 5.50. The molecule has 2 aromatic rings. The molecule has 0 spiro atoms. The van der Waals surface area contributed by atoms with E-state index < -0.39 is 10.1 Å². The zero-order valence-electron chi connectivity index (χ0n) is 16.2. The molecule has 0 saturated carbocycles. The number of piperidine rings is 1. The van der Waals surface area contributed by atoms with Crippen LogP contribution in [-0.2, 0) is 21.3 Å². The van der Waals surface area contributed by atoms with Crippen molar-refractivity contribution in [2.24, 2.45) is 5.92 Å². The summed E-state index contributed by atoms with van der Waals surface area (Å²) in [5, 5.41) is 1.16. The average molecular weight is 393 g/mol. The van der Waals surface area contributed by atoms with E-state index in [1.165, 1.54) is 15.9 Å². The number of hydrogen-bond donors (Lipinski definition) is 0. The summed E-state index contributed by atoms with van der Waals surface area (Å²) in [7, 11) is -1.80. The molecule has 1 unspecified atom stereocenters. The molecule has 148 valence electrons. The first kappa shape index (κ1) is 18.8. The number of ether oxygens (including phenoxy) is 1. The number of likely N-dealkylation sites (tertiary alicyclic amines) is 1. The van der Waals surface area contributed by atoms with Crippen LogP contribution >= 0.6 is 0 Å². The second-order valence-corrected chi connectivity index (χ2v) is 9.49. The van der Waals surface area contributed by atoms with Crippen LogP contribution in [0.3, 0.4) is 0 Å². The molecule has 3 atom stereocenters. The van der Waals surface area contributed by atoms with Crippen LogP contribution in [0.1, 0.15) is 36.8 Å². The molecule has 27 heavy (non-hydrogen) atoms. The van der Waals surface area contributed by atoms with Gasteiger partial charge in [-0.25, -0.2) is 0 Å². The lowest BCUT2D eigenvalue weighted by Crippen LogP contribution is -2.50. The summed E-state index contributed by atoms with van der Waals surface area (Å²) in [6, 6.07) is 6.60. The Hall–Kier alpha value is -1.57. The van der Waals surface area contributed by atoms with Gasteiger partial charge in [0.15, 0.2) is 0 Å². The van der Waals surface area contributed by atoms with Gasteiger partial charge in [-0.2, -0.15) is 13.1 Å². The molecule has 0 radical (unpaired) electrons. The van der Waals surface area contributed by atoms with Gasteiger partial charge in [0, 0.05) is 37.2 Å². The topological polar surface area (TPSA) is 60.8 Å². The Morgan fingerprint density at radius 2 is 2.11 bits per heavy atom. The number of fused-ring (bicyclic) bond motifs is 2. The Morgan fingerprint density at radius 1 is 1.30 bits per heavy atom. The maximum Gasteiger partial charge on any atom is 0.324 e. The van der Waals surface area contributed by atoms with Crippen LogP contribution in [0.5, 0.6) is 0 Å². The third-order valence-electron chi connectivity index (χ3n) is 5.88. The Bertz CT molecular complexity index is 937. The van der Waals surface area contributed by atoms with E-state index in [4.69, 9.17) is 9.02 Å². The van der Waals surface area contributed by atoms with Gasteiger partial charge in [-0.05, 0) is 48.9 Å². The van der Waals surface area contributed by atoms with Gasteiger partial charge in [-0.15, -0.1) is 0 Å². The maximum atomic E-state index is 11.7. The van der Waals surface area contributed by atoms with E-state index in [1.807, 2.05) is 18.3 Å². The lowest BCUT2D eigenvalue weighted by Gasteiger charge is -2.47. The molecule has 0 amide bonds. The van der Waals surface area contributed by atoms with Crippen molar-refractivity contribution in [3.05, 3.63) is 35.5 Å². The average Bonchev–Trinajstić information content (AvgIpc) is 2.94. The zero-order valence-corrected chi connectivity index (χ0v) is 17.0. The van der Waals surface area contributed by atoms with E-state index in [-0.39, 0.29) is 0 Å². The summed E-state index contributed by atoms with van der Waals surface area (Å²) in [5.41, 5.74) is 3.33. The lowest BCUT2D eigenvalue weighted by atomic mass is 9.72. The third-order valence-corrected chi connectivity index (χ3v) is 6.31. The van der Waals surface area contributed by atoms with Gasteiger partial charge in [0.2, 0.25) is 0 Å². The van der Waals surface area contributed by atoms with Gasteiger partial charge in [-0.1, -0.05) is 19.1 Å². The Balaban J connectivity index is 1.79. The predicted molar refractivity (Wildman–Crippen MR) is 105 cm³/mol. The molecule has 1 aliphatic heterocycles. The molecule has 1 aromatic heterocycles. The molecule has 7 heteroatoms. The molecule has 6 nitrogen and oxygen atoms in total. The zero-order chi connectivity index (χ0) is 19.2. The molecule has 1 aromatic carbocycles. The van der Waals surface area contributed by atoms with Crippen molar-refractivity contribution in [3.8, 4) is 0 Å². The molecule has 0 N–H and O–H groups in total. The Labute approximate surface area is 161 Å². The highest BCUT2D eigenvalue weighted by atomic mass is 32.2.